The minimum Gasteiger partial charge on any atom is -0.287 e. The van der Waals surface area contributed by atoms with Gasteiger partial charge in [-0.05, 0) is 0 Å². The molecule has 10 nitrogen and oxygen atoms in total. The van der Waals surface area contributed by atoms with E-state index in [1.807, 2.05) is 0 Å². The first kappa shape index (κ1) is 15.4. The molecule has 0 saturated heterocycles. The summed E-state index contributed by atoms with van der Waals surface area (Å²) in [6, 6.07) is 1.34. The van der Waals surface area contributed by atoms with Crippen LogP contribution in [0.15, 0.2) is 50.5 Å². The zero-order valence-corrected chi connectivity index (χ0v) is 12.3. The Labute approximate surface area is 138 Å². The number of rotatable bonds is 0. The van der Waals surface area contributed by atoms with Gasteiger partial charge in [-0.1, -0.05) is 0 Å². The maximum absolute atomic E-state index is 12.5. The highest BCUT2D eigenvalue weighted by Gasteiger charge is 2.23. The minimum atomic E-state index is -1.62. The Kier molecular flexibility index (Phi) is 2.81. The fourth-order valence-electron chi connectivity index (χ4n) is 2.68. The van der Waals surface area contributed by atoms with Crippen LogP contribution in [0.2, 0.25) is 0 Å². The van der Waals surface area contributed by atoms with Gasteiger partial charge in [-0.15, -0.1) is 0 Å². The SMILES string of the molecule is O=c1cc2c(=O)c3nc4c(=O)c(=O)c(=O)c(=O)c4nc3c(=O)c-2cc1=O. The largest absolute Gasteiger partial charge is 0.287 e. The van der Waals surface area contributed by atoms with Crippen LogP contribution in [0, 0.1) is 0 Å². The molecular weight excluding hydrogens is 348 g/mol. The molecule has 2 aliphatic rings. The van der Waals surface area contributed by atoms with Crippen LogP contribution in [0.5, 0.6) is 0 Å². The predicted octanol–water partition coefficient (Wildman–Crippen LogP) is -3.48. The molecule has 26 heavy (non-hydrogen) atoms. The van der Waals surface area contributed by atoms with Gasteiger partial charge in [0.1, 0.15) is 22.1 Å². The minimum absolute atomic E-state index is 0.404. The molecular formula is C16H2N2O8. The molecule has 2 aliphatic carbocycles. The third kappa shape index (κ3) is 1.75. The molecule has 2 aromatic rings. The van der Waals surface area contributed by atoms with Crippen LogP contribution in [0.1, 0.15) is 0 Å². The number of hydrogen-bond donors (Lipinski definition) is 0. The number of benzene rings is 3. The van der Waals surface area contributed by atoms with E-state index in [0.29, 0.717) is 12.1 Å². The average molecular weight is 350 g/mol. The normalized spacial score (nSPS) is 11.5. The van der Waals surface area contributed by atoms with Crippen LogP contribution >= 0.6 is 0 Å². The lowest BCUT2D eigenvalue weighted by Gasteiger charge is -2.04. The molecule has 1 aromatic heterocycles. The quantitative estimate of drug-likeness (QED) is 0.230. The Morgan fingerprint density at radius 1 is 0.423 bits per heavy atom. The zero-order chi connectivity index (χ0) is 18.9. The summed E-state index contributed by atoms with van der Waals surface area (Å²) in [5, 5.41) is 0. The van der Waals surface area contributed by atoms with E-state index >= 15 is 0 Å². The summed E-state index contributed by atoms with van der Waals surface area (Å²) < 4.78 is 0. The molecule has 0 bridgehead atoms. The molecule has 0 spiro atoms. The lowest BCUT2D eigenvalue weighted by Crippen LogP contribution is -2.47. The van der Waals surface area contributed by atoms with Crippen molar-refractivity contribution in [2.24, 2.45) is 0 Å². The molecule has 0 unspecified atom stereocenters. The Bertz CT molecular complexity index is 1560. The Morgan fingerprint density at radius 2 is 0.731 bits per heavy atom. The van der Waals surface area contributed by atoms with Gasteiger partial charge in [0.25, 0.3) is 21.7 Å². The van der Waals surface area contributed by atoms with Gasteiger partial charge in [0.05, 0.1) is 0 Å². The van der Waals surface area contributed by atoms with E-state index in [1.165, 1.54) is 0 Å². The monoisotopic (exact) mass is 350 g/mol. The van der Waals surface area contributed by atoms with Gasteiger partial charge in [-0.2, -0.15) is 0 Å². The summed E-state index contributed by atoms with van der Waals surface area (Å²) in [6.07, 6.45) is 0. The van der Waals surface area contributed by atoms with Crippen molar-refractivity contribution in [2.75, 3.05) is 0 Å². The molecule has 1 aromatic carbocycles. The fourth-order valence-corrected chi connectivity index (χ4v) is 2.68. The van der Waals surface area contributed by atoms with Crippen molar-refractivity contribution in [3.8, 4) is 11.1 Å². The fraction of sp³-hybridized carbons (Fsp3) is 0. The third-order valence-electron chi connectivity index (χ3n) is 3.95. The van der Waals surface area contributed by atoms with Gasteiger partial charge >= 0.3 is 0 Å². The van der Waals surface area contributed by atoms with Crippen molar-refractivity contribution in [1.82, 2.24) is 9.97 Å². The first-order valence-corrected chi connectivity index (χ1v) is 6.93. The van der Waals surface area contributed by atoms with Crippen LogP contribution in [0.4, 0.5) is 0 Å². The molecule has 4 rings (SSSR count). The molecule has 0 saturated carbocycles. The highest BCUT2D eigenvalue weighted by atomic mass is 16.2. The number of nitrogens with zero attached hydrogens (tertiary/aromatic N) is 2. The van der Waals surface area contributed by atoms with Gasteiger partial charge in [0.15, 0.2) is 0 Å². The van der Waals surface area contributed by atoms with E-state index in [0.717, 1.165) is 0 Å². The zero-order valence-electron chi connectivity index (χ0n) is 12.3. The molecule has 0 radical (unpaired) electrons. The lowest BCUT2D eigenvalue weighted by molar-refractivity contribution is 1.28. The Morgan fingerprint density at radius 3 is 1.08 bits per heavy atom. The van der Waals surface area contributed by atoms with Crippen LogP contribution in [-0.4, -0.2) is 9.97 Å². The van der Waals surface area contributed by atoms with E-state index in [4.69, 9.17) is 0 Å². The summed E-state index contributed by atoms with van der Waals surface area (Å²) in [5.41, 5.74) is -13.8. The summed E-state index contributed by atoms with van der Waals surface area (Å²) in [7, 11) is 0. The second kappa shape index (κ2) is 4.72. The van der Waals surface area contributed by atoms with Crippen LogP contribution in [0.25, 0.3) is 33.2 Å². The summed E-state index contributed by atoms with van der Waals surface area (Å²) in [4.78, 5) is 102. The van der Waals surface area contributed by atoms with Gasteiger partial charge in [-0.25, -0.2) is 9.97 Å². The van der Waals surface area contributed by atoms with E-state index in [9.17, 15) is 38.4 Å². The third-order valence-corrected chi connectivity index (χ3v) is 3.95. The number of aromatic nitrogens is 2. The maximum Gasteiger partial charge on any atom is 0.279 e. The van der Waals surface area contributed by atoms with Crippen LogP contribution in [0.3, 0.4) is 0 Å². The van der Waals surface area contributed by atoms with Crippen molar-refractivity contribution in [1.29, 1.82) is 0 Å². The molecule has 0 aliphatic heterocycles. The van der Waals surface area contributed by atoms with Gasteiger partial charge in [0.2, 0.25) is 21.7 Å². The molecule has 0 atom stereocenters. The Balaban J connectivity index is 2.46. The molecule has 1 heterocycles. The van der Waals surface area contributed by atoms with Crippen LogP contribution < -0.4 is 43.4 Å². The second-order valence-corrected chi connectivity index (χ2v) is 5.44. The summed E-state index contributed by atoms with van der Waals surface area (Å²) in [6.45, 7) is 0. The summed E-state index contributed by atoms with van der Waals surface area (Å²) in [5.74, 6) is 0. The first-order valence-electron chi connectivity index (χ1n) is 6.93. The molecule has 0 fully saturated rings. The molecule has 124 valence electrons. The second-order valence-electron chi connectivity index (χ2n) is 5.44. The smallest absolute Gasteiger partial charge is 0.279 e. The van der Waals surface area contributed by atoms with E-state index in [2.05, 4.69) is 9.97 Å². The van der Waals surface area contributed by atoms with Crippen molar-refractivity contribution >= 4 is 22.1 Å². The highest BCUT2D eigenvalue weighted by Crippen LogP contribution is 2.14. The lowest BCUT2D eigenvalue weighted by atomic mass is 10.0. The Hall–Kier alpha value is -4.08. The highest BCUT2D eigenvalue weighted by molar-refractivity contribution is 5.90. The average Bonchev–Trinajstić information content (AvgIpc) is 2.63. The molecule has 10 heteroatoms. The standard InChI is InChI=1S/C16H2N2O8/c19-5-1-3-4(2-6(5)20)12(22)8-7(11(3)21)17-9-10(18-8)14(24)16(26)15(25)13(9)23/h1-2H. The van der Waals surface area contributed by atoms with Crippen LogP contribution in [-0.2, 0) is 0 Å². The topological polar surface area (TPSA) is 162 Å². The van der Waals surface area contributed by atoms with E-state index in [1.54, 1.807) is 0 Å². The molecule has 0 N–H and O–H groups in total. The summed E-state index contributed by atoms with van der Waals surface area (Å²) >= 11 is 0. The van der Waals surface area contributed by atoms with Gasteiger partial charge in [-0.3, -0.25) is 38.4 Å². The van der Waals surface area contributed by atoms with Gasteiger partial charge < -0.3 is 0 Å². The van der Waals surface area contributed by atoms with E-state index < -0.39 is 76.6 Å². The van der Waals surface area contributed by atoms with Gasteiger partial charge in [0, 0.05) is 23.3 Å². The first-order chi connectivity index (χ1) is 12.2. The number of hydrogen-bond acceptors (Lipinski definition) is 10. The van der Waals surface area contributed by atoms with Crippen molar-refractivity contribution in [3.05, 3.63) is 93.9 Å². The number of fused-ring (bicyclic) bond motifs is 3. The van der Waals surface area contributed by atoms with E-state index in [-0.39, 0.29) is 0 Å². The van der Waals surface area contributed by atoms with Crippen molar-refractivity contribution in [3.63, 3.8) is 0 Å². The molecule has 0 amide bonds. The maximum atomic E-state index is 12.5. The predicted molar refractivity (Wildman–Crippen MR) is 88.6 cm³/mol. The van der Waals surface area contributed by atoms with Crippen molar-refractivity contribution < 1.29 is 0 Å². The van der Waals surface area contributed by atoms with Crippen molar-refractivity contribution in [2.45, 2.75) is 0 Å².